The fourth-order valence-corrected chi connectivity index (χ4v) is 3.74. The molecule has 0 aliphatic rings. The van der Waals surface area contributed by atoms with Gasteiger partial charge in [-0.25, -0.2) is 0 Å². The van der Waals surface area contributed by atoms with Gasteiger partial charge in [-0.05, 0) is 21.5 Å². The molecule has 0 fully saturated rings. The van der Waals surface area contributed by atoms with Crippen LogP contribution in [0, 0.1) is 0 Å². The normalized spacial score (nSPS) is 9.50. The molecule has 0 bridgehead atoms. The first kappa shape index (κ1) is 15.0. The monoisotopic (exact) mass is 454 g/mol. The zero-order valence-electron chi connectivity index (χ0n) is 11.8. The van der Waals surface area contributed by atoms with Crippen molar-refractivity contribution in [2.24, 2.45) is 0 Å². The third-order valence-electron chi connectivity index (χ3n) is 3.00. The molecule has 0 amide bonds. The van der Waals surface area contributed by atoms with Gasteiger partial charge in [0.15, 0.2) is 0 Å². The SMILES string of the molecule is [CH3][Hg][O]C(C)=O.c1ccc2c(c1)ccc1ccccc12. The van der Waals surface area contributed by atoms with Crippen LogP contribution in [-0.2, 0) is 32.5 Å². The van der Waals surface area contributed by atoms with Gasteiger partial charge >= 0.3 is 49.8 Å². The molecular weight excluding hydrogens is 437 g/mol. The van der Waals surface area contributed by atoms with Crippen molar-refractivity contribution in [2.45, 2.75) is 11.4 Å². The maximum atomic E-state index is 9.88. The predicted molar refractivity (Wildman–Crippen MR) is 79.1 cm³/mol. The molecule has 0 aromatic heterocycles. The Labute approximate surface area is 131 Å². The second-order valence-electron chi connectivity index (χ2n) is 4.43. The fraction of sp³-hybridized carbons (Fsp3) is 0.118. The molecule has 3 rings (SSSR count). The van der Waals surface area contributed by atoms with Crippen molar-refractivity contribution in [1.82, 2.24) is 0 Å². The molecule has 0 aliphatic heterocycles. The second kappa shape index (κ2) is 7.39. The third-order valence-corrected chi connectivity index (χ3v) is 5.70. The van der Waals surface area contributed by atoms with Gasteiger partial charge in [0.1, 0.15) is 0 Å². The van der Waals surface area contributed by atoms with E-state index >= 15 is 0 Å². The Kier molecular flexibility index (Phi) is 5.54. The molecule has 0 spiro atoms. The van der Waals surface area contributed by atoms with E-state index in [9.17, 15) is 4.79 Å². The maximum Gasteiger partial charge on any atom is -0.0105 e. The summed E-state index contributed by atoms with van der Waals surface area (Å²) in [6, 6.07) is 21.4. The fourth-order valence-electron chi connectivity index (χ4n) is 2.16. The van der Waals surface area contributed by atoms with Crippen LogP contribution in [0.5, 0.6) is 0 Å². The van der Waals surface area contributed by atoms with Crippen LogP contribution in [0.2, 0.25) is 4.43 Å². The van der Waals surface area contributed by atoms with E-state index in [1.165, 1.54) is 28.5 Å². The van der Waals surface area contributed by atoms with Crippen molar-refractivity contribution in [3.63, 3.8) is 0 Å². The number of benzene rings is 3. The van der Waals surface area contributed by atoms with Crippen LogP contribution in [0.25, 0.3) is 21.5 Å². The first-order chi connectivity index (χ1) is 9.72. The van der Waals surface area contributed by atoms with E-state index in [1.807, 2.05) is 4.43 Å². The van der Waals surface area contributed by atoms with Crippen molar-refractivity contribution >= 4 is 27.5 Å². The summed E-state index contributed by atoms with van der Waals surface area (Å²) in [7, 11) is 0. The van der Waals surface area contributed by atoms with Gasteiger partial charge in [0, 0.05) is 0 Å². The van der Waals surface area contributed by atoms with Crippen LogP contribution in [0.1, 0.15) is 6.92 Å². The molecule has 20 heavy (non-hydrogen) atoms. The number of rotatable bonds is 1. The standard InChI is InChI=1S/C14H10.C2H4O2.CH3.Hg/c1-3-7-13-11(5-1)9-10-12-6-2-4-8-14(12)13;1-2(3)4;;/h1-10H;1H3,(H,3,4);1H3;/q;;;+1/p-1. The van der Waals surface area contributed by atoms with Gasteiger partial charge in [-0.2, -0.15) is 0 Å². The molecular formula is C17H16HgO2. The van der Waals surface area contributed by atoms with Gasteiger partial charge in [-0.3, -0.25) is 0 Å². The summed E-state index contributed by atoms with van der Waals surface area (Å²) in [5.74, 6) is -0.112. The summed E-state index contributed by atoms with van der Waals surface area (Å²) in [6.07, 6.45) is 0. The molecule has 0 saturated heterocycles. The summed E-state index contributed by atoms with van der Waals surface area (Å²) in [4.78, 5) is 9.88. The molecule has 0 unspecified atom stereocenters. The van der Waals surface area contributed by atoms with Crippen LogP contribution in [0.4, 0.5) is 0 Å². The summed E-state index contributed by atoms with van der Waals surface area (Å²) < 4.78 is 6.63. The smallest absolute Gasteiger partial charge is 0.0105 e. The minimum Gasteiger partial charge on any atom is -0.0616 e. The minimum absolute atomic E-state index is 0.112. The van der Waals surface area contributed by atoms with E-state index in [2.05, 4.69) is 63.3 Å². The van der Waals surface area contributed by atoms with Crippen molar-refractivity contribution in [3.8, 4) is 0 Å². The van der Waals surface area contributed by atoms with Crippen molar-refractivity contribution < 1.29 is 32.5 Å². The summed E-state index contributed by atoms with van der Waals surface area (Å²) in [5, 5.41) is 5.30. The number of hydrogen-bond acceptors (Lipinski definition) is 2. The molecule has 3 aromatic rings. The average Bonchev–Trinajstić information content (AvgIpc) is 2.48. The Balaban J connectivity index is 0.000000212. The molecule has 0 N–H and O–H groups in total. The van der Waals surface area contributed by atoms with Crippen LogP contribution in [0.15, 0.2) is 60.7 Å². The van der Waals surface area contributed by atoms with Crippen LogP contribution < -0.4 is 0 Å². The third kappa shape index (κ3) is 3.79. The Bertz CT molecular complexity index is 667. The number of hydrogen-bond donors (Lipinski definition) is 0. The molecule has 3 aromatic carbocycles. The number of carbonyl (C=O) groups is 1. The quantitative estimate of drug-likeness (QED) is 0.399. The van der Waals surface area contributed by atoms with E-state index in [0.717, 1.165) is 0 Å². The Morgan fingerprint density at radius 3 is 1.65 bits per heavy atom. The van der Waals surface area contributed by atoms with E-state index in [4.69, 9.17) is 0 Å². The van der Waals surface area contributed by atoms with Crippen molar-refractivity contribution in [1.29, 1.82) is 0 Å². The van der Waals surface area contributed by atoms with Crippen molar-refractivity contribution in [2.75, 3.05) is 0 Å². The summed E-state index contributed by atoms with van der Waals surface area (Å²) >= 11 is -1.06. The van der Waals surface area contributed by atoms with Crippen LogP contribution in [-0.4, -0.2) is 5.97 Å². The summed E-state index contributed by atoms with van der Waals surface area (Å²) in [6.45, 7) is 1.45. The molecule has 0 aliphatic carbocycles. The van der Waals surface area contributed by atoms with Crippen LogP contribution in [0.3, 0.4) is 0 Å². The Hall–Kier alpha value is -1.41. The minimum atomic E-state index is -1.06. The zero-order valence-corrected chi connectivity index (χ0v) is 17.3. The largest absolute Gasteiger partial charge is 0.0616 e. The maximum absolute atomic E-state index is 9.88. The van der Waals surface area contributed by atoms with Gasteiger partial charge in [0.05, 0.1) is 0 Å². The molecule has 0 heterocycles. The van der Waals surface area contributed by atoms with E-state index in [-0.39, 0.29) is 5.97 Å². The topological polar surface area (TPSA) is 26.3 Å². The molecule has 0 atom stereocenters. The Morgan fingerprint density at radius 1 is 0.850 bits per heavy atom. The average molecular weight is 453 g/mol. The van der Waals surface area contributed by atoms with E-state index in [1.54, 1.807) is 0 Å². The predicted octanol–water partition coefficient (Wildman–Crippen LogP) is 4.59. The first-order valence-electron chi connectivity index (χ1n) is 6.72. The molecule has 0 saturated carbocycles. The van der Waals surface area contributed by atoms with Crippen LogP contribution >= 0.6 is 0 Å². The Morgan fingerprint density at radius 2 is 1.30 bits per heavy atom. The molecule has 3 heteroatoms. The van der Waals surface area contributed by atoms with Crippen molar-refractivity contribution in [3.05, 3.63) is 60.7 Å². The van der Waals surface area contributed by atoms with Gasteiger partial charge in [-0.1, -0.05) is 60.7 Å². The van der Waals surface area contributed by atoms with E-state index in [0.29, 0.717) is 0 Å². The van der Waals surface area contributed by atoms with Gasteiger partial charge in [0.2, 0.25) is 0 Å². The molecule has 98 valence electrons. The zero-order chi connectivity index (χ0) is 14.4. The molecule has 0 radical (unpaired) electrons. The summed E-state index contributed by atoms with van der Waals surface area (Å²) in [5.41, 5.74) is 0. The number of carbonyl (C=O) groups excluding carboxylic acids is 1. The van der Waals surface area contributed by atoms with E-state index < -0.39 is 25.0 Å². The van der Waals surface area contributed by atoms with Gasteiger partial charge < -0.3 is 0 Å². The molecule has 2 nitrogen and oxygen atoms in total. The first-order valence-corrected chi connectivity index (χ1v) is 14.5. The van der Waals surface area contributed by atoms with Gasteiger partial charge in [0.25, 0.3) is 0 Å². The van der Waals surface area contributed by atoms with Gasteiger partial charge in [-0.15, -0.1) is 0 Å². The second-order valence-corrected chi connectivity index (χ2v) is 7.80. The number of fused-ring (bicyclic) bond motifs is 3.